The van der Waals surface area contributed by atoms with Crippen LogP contribution in [0.1, 0.15) is 5.69 Å². The first-order valence-corrected chi connectivity index (χ1v) is 13.3. The molecule has 4 aliphatic heterocycles. The van der Waals surface area contributed by atoms with Gasteiger partial charge in [0, 0.05) is 43.6 Å². The molecule has 2 saturated heterocycles. The fourth-order valence-electron chi connectivity index (χ4n) is 5.53. The standard InChI is InChI=1S/C26H31N6O2S/c1-20-16-25(31(27-20)23-7-3-4-8-24(23)34-2)28-9-11-30(12-10-28)32-14-5-6-22(32)17-21(18-32)26(33)29-13-15-35-19-29/h3-8,14,16-17H,9-13,15,18-19H2,1-2H3/q+1/t32-/m1/s1. The van der Waals surface area contributed by atoms with Crippen molar-refractivity contribution < 1.29 is 14.1 Å². The number of rotatable bonds is 5. The molecule has 8 nitrogen and oxygen atoms in total. The highest BCUT2D eigenvalue weighted by molar-refractivity contribution is 7.99. The number of aryl methyl sites for hydroxylation is 1. The summed E-state index contributed by atoms with van der Waals surface area (Å²) < 4.78 is 8.25. The third-order valence-corrected chi connectivity index (χ3v) is 8.27. The number of ether oxygens (including phenoxy) is 1. The minimum Gasteiger partial charge on any atom is -0.494 e. The molecule has 1 amide bonds. The molecule has 2 fully saturated rings. The van der Waals surface area contributed by atoms with Crippen LogP contribution in [-0.4, -0.2) is 88.2 Å². The molecule has 0 spiro atoms. The summed E-state index contributed by atoms with van der Waals surface area (Å²) in [5.41, 5.74) is 4.05. The molecule has 6 rings (SSSR count). The minimum atomic E-state index is 0.200. The summed E-state index contributed by atoms with van der Waals surface area (Å²) in [6.07, 6.45) is 8.65. The van der Waals surface area contributed by atoms with Gasteiger partial charge in [0.1, 0.15) is 30.0 Å². The highest BCUT2D eigenvalue weighted by Crippen LogP contribution is 2.38. The Morgan fingerprint density at radius 1 is 1.14 bits per heavy atom. The van der Waals surface area contributed by atoms with Crippen molar-refractivity contribution in [2.45, 2.75) is 6.92 Å². The van der Waals surface area contributed by atoms with E-state index in [1.807, 2.05) is 52.5 Å². The quantitative estimate of drug-likeness (QED) is 0.600. The molecule has 0 aliphatic carbocycles. The molecular weight excluding hydrogens is 460 g/mol. The summed E-state index contributed by atoms with van der Waals surface area (Å²) in [6, 6.07) is 10.2. The Morgan fingerprint density at radius 3 is 2.74 bits per heavy atom. The van der Waals surface area contributed by atoms with Crippen molar-refractivity contribution in [1.29, 1.82) is 0 Å². The van der Waals surface area contributed by atoms with Gasteiger partial charge in [0.2, 0.25) is 0 Å². The van der Waals surface area contributed by atoms with E-state index in [9.17, 15) is 4.79 Å². The predicted molar refractivity (Wildman–Crippen MR) is 138 cm³/mol. The van der Waals surface area contributed by atoms with E-state index in [4.69, 9.17) is 9.84 Å². The van der Waals surface area contributed by atoms with Gasteiger partial charge in [-0.3, -0.25) is 4.79 Å². The Kier molecular flexibility index (Phi) is 5.70. The van der Waals surface area contributed by atoms with Crippen LogP contribution in [0.25, 0.3) is 5.69 Å². The molecule has 0 bridgehead atoms. The number of aromatic nitrogens is 2. The lowest BCUT2D eigenvalue weighted by molar-refractivity contribution is -0.948. The molecule has 0 unspecified atom stereocenters. The van der Waals surface area contributed by atoms with E-state index in [2.05, 4.69) is 40.4 Å². The Bertz CT molecular complexity index is 1240. The van der Waals surface area contributed by atoms with Crippen LogP contribution in [0.2, 0.25) is 0 Å². The second kappa shape index (κ2) is 8.89. The zero-order valence-electron chi connectivity index (χ0n) is 20.3. The number of quaternary nitrogens is 1. The van der Waals surface area contributed by atoms with Crippen LogP contribution >= 0.6 is 11.8 Å². The van der Waals surface area contributed by atoms with Crippen LogP contribution in [0.3, 0.4) is 0 Å². The van der Waals surface area contributed by atoms with Gasteiger partial charge in [-0.25, -0.2) is 4.68 Å². The number of amides is 1. The van der Waals surface area contributed by atoms with Crippen LogP contribution < -0.4 is 9.64 Å². The number of allylic oxidation sites excluding steroid dienone is 3. The largest absolute Gasteiger partial charge is 0.494 e. The number of anilines is 1. The summed E-state index contributed by atoms with van der Waals surface area (Å²) in [5, 5.41) is 7.28. The van der Waals surface area contributed by atoms with Crippen molar-refractivity contribution in [1.82, 2.24) is 19.7 Å². The lowest BCUT2D eigenvalue weighted by Crippen LogP contribution is -2.60. The predicted octanol–water partition coefficient (Wildman–Crippen LogP) is 2.93. The van der Waals surface area contributed by atoms with Crippen molar-refractivity contribution in [3.63, 3.8) is 0 Å². The van der Waals surface area contributed by atoms with Crippen LogP contribution in [0.5, 0.6) is 5.75 Å². The van der Waals surface area contributed by atoms with Gasteiger partial charge in [-0.2, -0.15) is 9.69 Å². The molecule has 0 N–H and O–H groups in total. The average molecular weight is 492 g/mol. The molecular formula is C26H31N6O2S+. The number of nitrogens with zero attached hydrogens (tertiary/aromatic N) is 6. The molecule has 9 heteroatoms. The second-order valence-electron chi connectivity index (χ2n) is 9.36. The Morgan fingerprint density at radius 2 is 1.97 bits per heavy atom. The third kappa shape index (κ3) is 3.78. The molecule has 182 valence electrons. The lowest BCUT2D eigenvalue weighted by atomic mass is 10.2. The summed E-state index contributed by atoms with van der Waals surface area (Å²) >= 11 is 1.83. The van der Waals surface area contributed by atoms with Gasteiger partial charge < -0.3 is 14.5 Å². The zero-order chi connectivity index (χ0) is 24.0. The number of hydrogen-bond donors (Lipinski definition) is 0. The molecule has 5 heterocycles. The van der Waals surface area contributed by atoms with Gasteiger partial charge in [-0.1, -0.05) is 12.1 Å². The maximum atomic E-state index is 13.1. The number of benzene rings is 1. The first-order chi connectivity index (χ1) is 17.1. The Labute approximate surface area is 210 Å². The number of fused-ring (bicyclic) bond motifs is 1. The van der Waals surface area contributed by atoms with Crippen molar-refractivity contribution in [3.8, 4) is 11.4 Å². The molecule has 1 atom stereocenters. The third-order valence-electron chi connectivity index (χ3n) is 7.31. The van der Waals surface area contributed by atoms with Gasteiger partial charge in [0.25, 0.3) is 5.91 Å². The van der Waals surface area contributed by atoms with E-state index in [1.54, 1.807) is 7.11 Å². The van der Waals surface area contributed by atoms with Crippen LogP contribution in [0.4, 0.5) is 5.82 Å². The average Bonchev–Trinajstić information content (AvgIpc) is 3.67. The number of para-hydroxylation sites is 2. The Hall–Kier alpha value is -3.01. The van der Waals surface area contributed by atoms with Gasteiger partial charge in [0.05, 0.1) is 37.3 Å². The van der Waals surface area contributed by atoms with Crippen molar-refractivity contribution in [3.05, 3.63) is 71.7 Å². The zero-order valence-corrected chi connectivity index (χ0v) is 21.1. The van der Waals surface area contributed by atoms with Crippen LogP contribution in [-0.2, 0) is 4.79 Å². The molecule has 1 aromatic heterocycles. The van der Waals surface area contributed by atoms with E-state index >= 15 is 0 Å². The molecule has 35 heavy (non-hydrogen) atoms. The SMILES string of the molecule is COc1ccccc1-n1nc(C)cc1N1CCN([N@@+]23C=CC=C2C=C(C(=O)N2CCSC2)C3)CC1. The number of carbonyl (C=O) groups excluding carboxylic acids is 1. The molecule has 2 aromatic rings. The second-order valence-corrected chi connectivity index (χ2v) is 10.4. The molecule has 0 saturated carbocycles. The van der Waals surface area contributed by atoms with Crippen molar-refractivity contribution in [2.75, 3.05) is 62.9 Å². The van der Waals surface area contributed by atoms with Crippen molar-refractivity contribution in [2.24, 2.45) is 0 Å². The molecule has 1 aromatic carbocycles. The van der Waals surface area contributed by atoms with E-state index < -0.39 is 0 Å². The fourth-order valence-corrected chi connectivity index (χ4v) is 6.47. The maximum Gasteiger partial charge on any atom is 0.256 e. The highest BCUT2D eigenvalue weighted by atomic mass is 32.2. The van der Waals surface area contributed by atoms with Gasteiger partial charge >= 0.3 is 0 Å². The number of hydrogen-bond acceptors (Lipinski definition) is 6. The van der Waals surface area contributed by atoms with E-state index in [1.165, 1.54) is 5.70 Å². The topological polar surface area (TPSA) is 53.8 Å². The first kappa shape index (κ1) is 22.5. The smallest absolute Gasteiger partial charge is 0.256 e. The fraction of sp³-hybridized carbons (Fsp3) is 0.385. The lowest BCUT2D eigenvalue weighted by Gasteiger charge is -2.44. The van der Waals surface area contributed by atoms with Gasteiger partial charge in [0.15, 0.2) is 5.70 Å². The minimum absolute atomic E-state index is 0.200. The van der Waals surface area contributed by atoms with E-state index in [-0.39, 0.29) is 5.91 Å². The normalized spacial score (nSPS) is 24.1. The number of methoxy groups -OCH3 is 1. The van der Waals surface area contributed by atoms with Crippen LogP contribution in [0.15, 0.2) is 66.0 Å². The number of piperazine rings is 1. The number of carbonyl (C=O) groups is 1. The maximum absolute atomic E-state index is 13.1. The first-order valence-electron chi connectivity index (χ1n) is 12.1. The van der Waals surface area contributed by atoms with E-state index in [0.29, 0.717) is 11.1 Å². The number of thioether (sulfide) groups is 1. The summed E-state index contributed by atoms with van der Waals surface area (Å²) in [4.78, 5) is 17.5. The monoisotopic (exact) mass is 491 g/mol. The van der Waals surface area contributed by atoms with Gasteiger partial charge in [-0.15, -0.1) is 16.8 Å². The van der Waals surface area contributed by atoms with Crippen LogP contribution in [0, 0.1) is 6.92 Å². The van der Waals surface area contributed by atoms with Gasteiger partial charge in [-0.05, 0) is 25.1 Å². The Balaban J connectivity index is 1.20. The van der Waals surface area contributed by atoms with Crippen molar-refractivity contribution >= 4 is 23.5 Å². The highest BCUT2D eigenvalue weighted by Gasteiger charge is 2.48. The molecule has 0 radical (unpaired) electrons. The summed E-state index contributed by atoms with van der Waals surface area (Å²) in [6.45, 7) is 7.15. The molecule has 4 aliphatic rings. The van der Waals surface area contributed by atoms with E-state index in [0.717, 1.165) is 72.9 Å². The summed E-state index contributed by atoms with van der Waals surface area (Å²) in [7, 11) is 1.70. The summed E-state index contributed by atoms with van der Waals surface area (Å²) in [5.74, 6) is 3.94.